The molecule has 4 heteroatoms. The fourth-order valence-corrected chi connectivity index (χ4v) is 3.91. The zero-order valence-electron chi connectivity index (χ0n) is 20.0. The van der Waals surface area contributed by atoms with E-state index >= 15 is 0 Å². The molecule has 0 radical (unpaired) electrons. The molecule has 1 aromatic carbocycles. The lowest BCUT2D eigenvalue weighted by Crippen LogP contribution is -2.39. The number of phenols is 1. The number of aryl methyl sites for hydroxylation is 1. The van der Waals surface area contributed by atoms with Gasteiger partial charge < -0.3 is 20.1 Å². The van der Waals surface area contributed by atoms with E-state index in [0.29, 0.717) is 12.8 Å². The summed E-state index contributed by atoms with van der Waals surface area (Å²) in [5, 5.41) is 30.8. The third-order valence-corrected chi connectivity index (χ3v) is 6.11. The normalized spacial score (nSPS) is 21.1. The predicted molar refractivity (Wildman–Crippen MR) is 128 cm³/mol. The van der Waals surface area contributed by atoms with Crippen LogP contribution in [0.2, 0.25) is 0 Å². The van der Waals surface area contributed by atoms with E-state index in [2.05, 4.69) is 32.1 Å². The van der Waals surface area contributed by atoms with Crippen molar-refractivity contribution in [2.45, 2.75) is 97.4 Å². The number of ether oxygens (including phenoxy) is 1. The van der Waals surface area contributed by atoms with Gasteiger partial charge >= 0.3 is 0 Å². The molecule has 0 bridgehead atoms. The van der Waals surface area contributed by atoms with Gasteiger partial charge in [0.15, 0.2) is 0 Å². The zero-order valence-corrected chi connectivity index (χ0v) is 20.0. The molecule has 2 rings (SSSR count). The highest BCUT2D eigenvalue weighted by molar-refractivity contribution is 5.65. The lowest BCUT2D eigenvalue weighted by molar-refractivity contribution is -0.0691. The number of allylic oxidation sites excluding steroid dienone is 4. The summed E-state index contributed by atoms with van der Waals surface area (Å²) >= 11 is 0. The second kappa shape index (κ2) is 10.5. The van der Waals surface area contributed by atoms with Crippen molar-refractivity contribution in [1.82, 2.24) is 0 Å². The summed E-state index contributed by atoms with van der Waals surface area (Å²) in [5.41, 5.74) is 2.82. The minimum Gasteiger partial charge on any atom is -0.508 e. The van der Waals surface area contributed by atoms with Crippen molar-refractivity contribution >= 4 is 6.08 Å². The average molecular weight is 429 g/mol. The number of hydrogen-bond acceptors (Lipinski definition) is 4. The number of aliphatic hydroxyl groups is 2. The summed E-state index contributed by atoms with van der Waals surface area (Å²) in [7, 11) is 0. The quantitative estimate of drug-likeness (QED) is 0.386. The molecule has 0 fully saturated rings. The molecule has 1 aliphatic heterocycles. The van der Waals surface area contributed by atoms with Crippen LogP contribution >= 0.6 is 0 Å². The van der Waals surface area contributed by atoms with E-state index in [-0.39, 0.29) is 11.4 Å². The Morgan fingerprint density at radius 1 is 1.19 bits per heavy atom. The first-order valence-electron chi connectivity index (χ1n) is 11.3. The van der Waals surface area contributed by atoms with Crippen molar-refractivity contribution in [2.75, 3.05) is 0 Å². The van der Waals surface area contributed by atoms with Crippen LogP contribution in [0.1, 0.15) is 84.3 Å². The minimum absolute atomic E-state index is 0.254. The zero-order chi connectivity index (χ0) is 23.2. The largest absolute Gasteiger partial charge is 0.508 e. The molecule has 0 spiro atoms. The molecule has 172 valence electrons. The van der Waals surface area contributed by atoms with E-state index in [0.717, 1.165) is 42.6 Å². The highest BCUT2D eigenvalue weighted by atomic mass is 16.5. The highest BCUT2D eigenvalue weighted by Gasteiger charge is 2.30. The van der Waals surface area contributed by atoms with Gasteiger partial charge in [0.2, 0.25) is 0 Å². The smallest absolute Gasteiger partial charge is 0.131 e. The maximum Gasteiger partial charge on any atom is 0.131 e. The van der Waals surface area contributed by atoms with Gasteiger partial charge in [0.25, 0.3) is 0 Å². The monoisotopic (exact) mass is 428 g/mol. The molecule has 1 aliphatic rings. The third-order valence-electron chi connectivity index (χ3n) is 6.11. The van der Waals surface area contributed by atoms with Crippen LogP contribution < -0.4 is 4.74 Å². The Hall–Kier alpha value is -2.04. The molecule has 1 unspecified atom stereocenters. The Morgan fingerprint density at radius 2 is 1.90 bits per heavy atom. The van der Waals surface area contributed by atoms with Crippen molar-refractivity contribution in [3.63, 3.8) is 0 Å². The van der Waals surface area contributed by atoms with Gasteiger partial charge in [-0.05, 0) is 104 Å². The molecule has 31 heavy (non-hydrogen) atoms. The van der Waals surface area contributed by atoms with Crippen LogP contribution in [0.3, 0.4) is 0 Å². The van der Waals surface area contributed by atoms with Crippen molar-refractivity contribution < 1.29 is 20.1 Å². The second-order valence-corrected chi connectivity index (χ2v) is 9.75. The number of hydrogen-bond donors (Lipinski definition) is 3. The Morgan fingerprint density at radius 3 is 2.58 bits per heavy atom. The molecule has 0 amide bonds. The van der Waals surface area contributed by atoms with Crippen LogP contribution in [-0.4, -0.2) is 32.6 Å². The molecule has 0 saturated carbocycles. The van der Waals surface area contributed by atoms with Gasteiger partial charge in [0.1, 0.15) is 17.1 Å². The van der Waals surface area contributed by atoms with Gasteiger partial charge in [-0.2, -0.15) is 0 Å². The average Bonchev–Trinajstić information content (AvgIpc) is 2.66. The summed E-state index contributed by atoms with van der Waals surface area (Å²) in [4.78, 5) is 0. The van der Waals surface area contributed by atoms with Crippen molar-refractivity contribution in [1.29, 1.82) is 0 Å². The molecule has 1 aromatic rings. The Bertz CT molecular complexity index is 843. The summed E-state index contributed by atoms with van der Waals surface area (Å²) in [6, 6.07) is 3.45. The van der Waals surface area contributed by atoms with E-state index in [1.165, 1.54) is 11.1 Å². The molecular formula is C27H40O4. The van der Waals surface area contributed by atoms with Crippen LogP contribution in [-0.2, 0) is 0 Å². The van der Waals surface area contributed by atoms with E-state index in [4.69, 9.17) is 4.74 Å². The molecule has 0 saturated heterocycles. The number of aliphatic hydroxyl groups excluding tert-OH is 1. The second-order valence-electron chi connectivity index (χ2n) is 9.75. The summed E-state index contributed by atoms with van der Waals surface area (Å²) in [6.45, 7) is 11.9. The number of aromatic hydroxyl groups is 1. The molecule has 0 aromatic heterocycles. The van der Waals surface area contributed by atoms with E-state index < -0.39 is 11.7 Å². The lowest BCUT2D eigenvalue weighted by Gasteiger charge is -2.32. The number of phenolic OH excluding ortho intramolecular Hbond substituents is 1. The fraction of sp³-hybridized carbons (Fsp3) is 0.556. The van der Waals surface area contributed by atoms with E-state index in [1.807, 2.05) is 26.8 Å². The Labute approximate surface area is 188 Å². The van der Waals surface area contributed by atoms with Crippen molar-refractivity contribution in [3.05, 3.63) is 52.6 Å². The van der Waals surface area contributed by atoms with Crippen LogP contribution in [0, 0.1) is 6.92 Å². The number of rotatable bonds is 10. The first-order valence-corrected chi connectivity index (χ1v) is 11.3. The summed E-state index contributed by atoms with van der Waals surface area (Å²) in [6.07, 6.45) is 12.0. The van der Waals surface area contributed by atoms with Gasteiger partial charge in [-0.3, -0.25) is 0 Å². The highest BCUT2D eigenvalue weighted by Crippen LogP contribution is 2.38. The lowest BCUT2D eigenvalue weighted by atomic mass is 9.89. The van der Waals surface area contributed by atoms with Gasteiger partial charge in [-0.1, -0.05) is 29.4 Å². The van der Waals surface area contributed by atoms with Crippen molar-refractivity contribution in [3.8, 4) is 11.5 Å². The standard InChI is InChI=1S/C27H40O4/c1-19(2)9-7-15-27(6,30)24(29)12-11-20(3)10-8-14-26(5)16-13-22-18-23(28)17-21(4)25(22)31-26/h9-10,13,16-18,24,28-30H,7-8,11-12,14-15H2,1-6H3/b20-10+/t24-,26?,27+/m0/s1. The number of benzene rings is 1. The maximum absolute atomic E-state index is 10.6. The van der Waals surface area contributed by atoms with Gasteiger partial charge in [-0.15, -0.1) is 0 Å². The van der Waals surface area contributed by atoms with Crippen LogP contribution in [0.5, 0.6) is 11.5 Å². The minimum atomic E-state index is -1.07. The van der Waals surface area contributed by atoms with Crippen LogP contribution in [0.15, 0.2) is 41.5 Å². The first kappa shape index (κ1) is 25.2. The Balaban J connectivity index is 1.84. The molecular weight excluding hydrogens is 388 g/mol. The molecule has 0 aliphatic carbocycles. The fourth-order valence-electron chi connectivity index (χ4n) is 3.91. The molecule has 3 N–H and O–H groups in total. The van der Waals surface area contributed by atoms with Crippen LogP contribution in [0.4, 0.5) is 0 Å². The Kier molecular flexibility index (Phi) is 8.56. The van der Waals surface area contributed by atoms with Gasteiger partial charge in [0.05, 0.1) is 11.7 Å². The summed E-state index contributed by atoms with van der Waals surface area (Å²) in [5.74, 6) is 1.09. The van der Waals surface area contributed by atoms with Gasteiger partial charge in [-0.25, -0.2) is 0 Å². The molecule has 3 atom stereocenters. The topological polar surface area (TPSA) is 69.9 Å². The summed E-state index contributed by atoms with van der Waals surface area (Å²) < 4.78 is 6.28. The maximum atomic E-state index is 10.6. The molecule has 1 heterocycles. The van der Waals surface area contributed by atoms with E-state index in [1.54, 1.807) is 19.1 Å². The van der Waals surface area contributed by atoms with Gasteiger partial charge in [0, 0.05) is 5.56 Å². The third kappa shape index (κ3) is 7.55. The van der Waals surface area contributed by atoms with Crippen molar-refractivity contribution in [2.24, 2.45) is 0 Å². The predicted octanol–water partition coefficient (Wildman–Crippen LogP) is 6.23. The van der Waals surface area contributed by atoms with E-state index in [9.17, 15) is 15.3 Å². The van der Waals surface area contributed by atoms with Crippen LogP contribution in [0.25, 0.3) is 6.08 Å². The SMILES string of the molecule is CC(C)=CCC[C@@](C)(O)[C@@H](O)CC/C(C)=C/CCC1(C)C=Cc2cc(O)cc(C)c2O1. The molecule has 4 nitrogen and oxygen atoms in total. The first-order chi connectivity index (χ1) is 14.4. The number of fused-ring (bicyclic) bond motifs is 1.